The minimum atomic E-state index is -1.54. The van der Waals surface area contributed by atoms with Crippen LogP contribution >= 0.6 is 11.6 Å². The Kier molecular flexibility index (Phi) is 6.01. The van der Waals surface area contributed by atoms with Gasteiger partial charge < -0.3 is 19.5 Å². The molecule has 1 N–H and O–H groups in total. The first-order valence-electron chi connectivity index (χ1n) is 11.1. The molecule has 2 heterocycles. The number of benzene rings is 2. The first-order valence-corrected chi connectivity index (χ1v) is 11.5. The summed E-state index contributed by atoms with van der Waals surface area (Å²) in [5.74, 6) is 0.626. The van der Waals surface area contributed by atoms with Crippen molar-refractivity contribution in [3.8, 4) is 18.1 Å². The van der Waals surface area contributed by atoms with Gasteiger partial charge in [0.1, 0.15) is 18.2 Å². The normalized spacial score (nSPS) is 21.6. The number of hydrazone groups is 1. The monoisotopic (exact) mass is 526 g/mol. The van der Waals surface area contributed by atoms with Gasteiger partial charge in [0, 0.05) is 23.1 Å². The zero-order chi connectivity index (χ0) is 26.5. The maximum atomic E-state index is 14.9. The number of amides is 3. The number of urea groups is 1. The lowest BCUT2D eigenvalue weighted by Crippen LogP contribution is -2.55. The molecule has 0 aromatic heterocycles. The van der Waals surface area contributed by atoms with E-state index in [1.165, 1.54) is 25.0 Å². The number of ether oxygens (including phenoxy) is 3. The highest BCUT2D eigenvalue weighted by Crippen LogP contribution is 2.40. The maximum absolute atomic E-state index is 14.9. The number of halogens is 2. The van der Waals surface area contributed by atoms with Gasteiger partial charge in [0.15, 0.2) is 11.9 Å². The molecule has 2 aromatic carbocycles. The van der Waals surface area contributed by atoms with Gasteiger partial charge in [-0.1, -0.05) is 23.6 Å². The Morgan fingerprint density at radius 2 is 2.16 bits per heavy atom. The molecule has 37 heavy (non-hydrogen) atoms. The molecule has 0 radical (unpaired) electrons. The second kappa shape index (κ2) is 9.06. The number of carbonyl (C=O) groups excluding carboxylic acids is 3. The van der Waals surface area contributed by atoms with Crippen molar-refractivity contribution in [1.82, 2.24) is 5.01 Å². The molecule has 2 aliphatic heterocycles. The maximum Gasteiger partial charge on any atom is 0.345 e. The van der Waals surface area contributed by atoms with Crippen LogP contribution in [0.15, 0.2) is 35.4 Å². The average molecular weight is 527 g/mol. The van der Waals surface area contributed by atoms with Crippen LogP contribution in [0.3, 0.4) is 0 Å². The van der Waals surface area contributed by atoms with Crippen LogP contribution in [0.25, 0.3) is 0 Å². The van der Waals surface area contributed by atoms with E-state index in [1.807, 2.05) is 0 Å². The van der Waals surface area contributed by atoms with Crippen molar-refractivity contribution >= 4 is 46.6 Å². The summed E-state index contributed by atoms with van der Waals surface area (Å²) >= 11 is 6.11. The fourth-order valence-corrected chi connectivity index (χ4v) is 4.73. The average Bonchev–Trinajstić information content (AvgIpc) is 3.20. The minimum Gasteiger partial charge on any atom is -0.479 e. The smallest absolute Gasteiger partial charge is 0.345 e. The molecule has 2 unspecified atom stereocenters. The number of rotatable bonds is 3. The third-order valence-corrected chi connectivity index (χ3v) is 6.53. The van der Waals surface area contributed by atoms with E-state index in [1.54, 1.807) is 18.2 Å². The molecule has 0 fully saturated rings. The molecule has 5 rings (SSSR count). The van der Waals surface area contributed by atoms with Gasteiger partial charge in [0.05, 0.1) is 25.0 Å². The van der Waals surface area contributed by atoms with Crippen LogP contribution in [0.1, 0.15) is 18.1 Å². The summed E-state index contributed by atoms with van der Waals surface area (Å²) in [5, 5.41) is 8.18. The second-order valence-corrected chi connectivity index (χ2v) is 8.97. The number of hydrogen-bond acceptors (Lipinski definition) is 7. The fourth-order valence-electron chi connectivity index (χ4n) is 4.54. The number of carbonyl (C=O) groups is 3. The van der Waals surface area contributed by atoms with Gasteiger partial charge in [-0.05, 0) is 30.7 Å². The minimum absolute atomic E-state index is 0.0643. The molecule has 2 aromatic rings. The van der Waals surface area contributed by atoms with Crippen molar-refractivity contribution in [2.24, 2.45) is 5.10 Å². The van der Waals surface area contributed by atoms with Crippen LogP contribution in [0.5, 0.6) is 5.75 Å². The highest BCUT2D eigenvalue weighted by molar-refractivity contribution is 6.31. The lowest BCUT2D eigenvalue weighted by Gasteiger charge is -2.34. The molecule has 3 aliphatic rings. The summed E-state index contributed by atoms with van der Waals surface area (Å²) in [6.07, 6.45) is 4.67. The van der Waals surface area contributed by atoms with Gasteiger partial charge in [-0.15, -0.1) is 6.42 Å². The number of terminal acetylenes is 1. The zero-order valence-corrected chi connectivity index (χ0v) is 20.5. The second-order valence-electron chi connectivity index (χ2n) is 8.54. The van der Waals surface area contributed by atoms with Crippen LogP contribution in [0.2, 0.25) is 5.02 Å². The third kappa shape index (κ3) is 3.94. The highest BCUT2D eigenvalue weighted by Gasteiger charge is 2.55. The summed E-state index contributed by atoms with van der Waals surface area (Å²) in [5.41, 5.74) is -0.120. The molecule has 12 heteroatoms. The van der Waals surface area contributed by atoms with Gasteiger partial charge in [0.2, 0.25) is 5.60 Å². The molecule has 2 atom stereocenters. The summed E-state index contributed by atoms with van der Waals surface area (Å²) in [6.45, 7) is 1.05. The van der Waals surface area contributed by atoms with E-state index < -0.39 is 42.2 Å². The molecule has 0 bridgehead atoms. The Hall–Kier alpha value is -4.14. The predicted molar refractivity (Wildman–Crippen MR) is 131 cm³/mol. The molecular weight excluding hydrogens is 507 g/mol. The first-order chi connectivity index (χ1) is 17.7. The summed E-state index contributed by atoms with van der Waals surface area (Å²) < 4.78 is 31.2. The number of fused-ring (bicyclic) bond motifs is 4. The number of anilines is 2. The number of hydrogen-bond donors (Lipinski definition) is 1. The van der Waals surface area contributed by atoms with E-state index in [-0.39, 0.29) is 35.8 Å². The third-order valence-electron chi connectivity index (χ3n) is 6.30. The fraction of sp³-hybridized carbons (Fsp3) is 0.280. The van der Waals surface area contributed by atoms with Crippen LogP contribution in [0.4, 0.5) is 20.6 Å². The van der Waals surface area contributed by atoms with E-state index in [0.29, 0.717) is 16.1 Å². The van der Waals surface area contributed by atoms with E-state index in [2.05, 4.69) is 16.3 Å². The van der Waals surface area contributed by atoms with Crippen molar-refractivity contribution < 1.29 is 33.0 Å². The van der Waals surface area contributed by atoms with Gasteiger partial charge in [-0.25, -0.2) is 14.0 Å². The molecular formula is C25H20ClFN4O6. The summed E-state index contributed by atoms with van der Waals surface area (Å²) in [4.78, 5) is 39.6. The quantitative estimate of drug-likeness (QED) is 0.486. The van der Waals surface area contributed by atoms with Gasteiger partial charge in [-0.3, -0.25) is 9.69 Å². The van der Waals surface area contributed by atoms with Crippen molar-refractivity contribution in [1.29, 1.82) is 0 Å². The summed E-state index contributed by atoms with van der Waals surface area (Å²) in [7, 11) is 1.23. The van der Waals surface area contributed by atoms with Crippen molar-refractivity contribution in [2.75, 3.05) is 30.6 Å². The molecule has 0 saturated carbocycles. The molecule has 0 spiro atoms. The van der Waals surface area contributed by atoms with E-state index in [9.17, 15) is 18.8 Å². The SMILES string of the molecule is C#CCN1C(=O)C(C)Oc2cc(F)c(NC(=O)N3COC4(C(=O)OC)Cc5cc(Cl)ccc5C4=N3)cc21. The molecule has 1 aliphatic carbocycles. The topological polar surface area (TPSA) is 110 Å². The summed E-state index contributed by atoms with van der Waals surface area (Å²) in [6, 6.07) is 6.47. The number of nitrogens with zero attached hydrogens (tertiary/aromatic N) is 3. The largest absolute Gasteiger partial charge is 0.479 e. The van der Waals surface area contributed by atoms with Gasteiger partial charge >= 0.3 is 12.0 Å². The van der Waals surface area contributed by atoms with E-state index in [4.69, 9.17) is 32.2 Å². The Morgan fingerprint density at radius 3 is 2.89 bits per heavy atom. The highest BCUT2D eigenvalue weighted by atomic mass is 35.5. The molecule has 10 nitrogen and oxygen atoms in total. The Labute approximate surface area is 215 Å². The molecule has 190 valence electrons. The van der Waals surface area contributed by atoms with Crippen LogP contribution < -0.4 is 15.0 Å². The lowest BCUT2D eigenvalue weighted by molar-refractivity contribution is -0.165. The van der Waals surface area contributed by atoms with Crippen LogP contribution in [0, 0.1) is 18.2 Å². The Bertz CT molecular complexity index is 1420. The van der Waals surface area contributed by atoms with Crippen LogP contribution in [-0.4, -0.2) is 60.7 Å². The number of methoxy groups -OCH3 is 1. The Balaban J connectivity index is 1.47. The van der Waals surface area contributed by atoms with E-state index in [0.717, 1.165) is 11.1 Å². The van der Waals surface area contributed by atoms with Crippen molar-refractivity contribution in [3.63, 3.8) is 0 Å². The van der Waals surface area contributed by atoms with Crippen molar-refractivity contribution in [2.45, 2.75) is 25.0 Å². The lowest BCUT2D eigenvalue weighted by atomic mass is 9.97. The number of nitrogens with one attached hydrogen (secondary N) is 1. The first kappa shape index (κ1) is 24.5. The van der Waals surface area contributed by atoms with Crippen molar-refractivity contribution in [3.05, 3.63) is 52.3 Å². The van der Waals surface area contributed by atoms with Gasteiger partial charge in [0.25, 0.3) is 5.91 Å². The zero-order valence-electron chi connectivity index (χ0n) is 19.7. The number of esters is 1. The van der Waals surface area contributed by atoms with Crippen LogP contribution in [-0.2, 0) is 25.5 Å². The molecule has 0 saturated heterocycles. The van der Waals surface area contributed by atoms with E-state index >= 15 is 0 Å². The Morgan fingerprint density at radius 1 is 1.38 bits per heavy atom. The standard InChI is InChI=1S/C25H20ClFN4O6/c1-4-7-30-19-10-18(17(27)9-20(19)37-13(2)22(30)32)28-24(34)31-12-36-25(23(33)35-3)11-14-8-15(26)5-6-16(14)21(25)29-31/h1,5-6,8-10,13H,7,11-12H2,2-3H3,(H,28,34). The predicted octanol–water partition coefficient (Wildman–Crippen LogP) is 2.92. The van der Waals surface area contributed by atoms with Gasteiger partial charge in [-0.2, -0.15) is 10.1 Å². The molecule has 3 amide bonds.